The predicted molar refractivity (Wildman–Crippen MR) is 502 cm³/mol. The minimum atomic E-state index is -4.98. The van der Waals surface area contributed by atoms with Gasteiger partial charge in [0, 0.05) is 134 Å². The summed E-state index contributed by atoms with van der Waals surface area (Å²) in [6.07, 6.45) is -4.59. The number of carbonyl (C=O) groups is 4. The van der Waals surface area contributed by atoms with Gasteiger partial charge < -0.3 is 26.0 Å². The highest BCUT2D eigenvalue weighted by Crippen LogP contribution is 2.45. The third-order valence-electron chi connectivity index (χ3n) is 22.4. The maximum absolute atomic E-state index is 13.0. The van der Waals surface area contributed by atoms with E-state index in [0.717, 1.165) is 148 Å². The zero-order valence-electron chi connectivity index (χ0n) is 74.0. The molecule has 0 aliphatic carbocycles. The second-order valence-corrected chi connectivity index (χ2v) is 40.4. The number of fused-ring (bicyclic) bond motifs is 12. The molecule has 37 heteroatoms. The number of hydrogen-bond acceptors (Lipinski definition) is 22. The largest absolute Gasteiger partial charge is 0.471 e. The third kappa shape index (κ3) is 20.2. The number of nitrogens with one attached hydrogen (secondary N) is 4. The van der Waals surface area contributed by atoms with Crippen molar-refractivity contribution in [3.8, 4) is 20.0 Å². The Hall–Kier alpha value is -10.3. The second kappa shape index (κ2) is 38.4. The van der Waals surface area contributed by atoms with Crippen molar-refractivity contribution in [2.45, 2.75) is 173 Å². The molecule has 0 spiro atoms. The summed E-state index contributed by atoms with van der Waals surface area (Å²) >= 11 is 31.1. The number of hydrogen-bond donors (Lipinski definition) is 4. The topological polar surface area (TPSA) is 301 Å². The molecule has 4 N–H and O–H groups in total. The van der Waals surface area contributed by atoms with E-state index in [1.165, 1.54) is 42.7 Å². The van der Waals surface area contributed by atoms with Gasteiger partial charge in [0.05, 0.1) is 48.9 Å². The van der Waals surface area contributed by atoms with Crippen LogP contribution in [0.2, 0.25) is 20.1 Å². The molecule has 4 amide bonds. The van der Waals surface area contributed by atoms with Crippen molar-refractivity contribution in [2.24, 2.45) is 25.4 Å². The number of carbonyl (C=O) groups excluding carboxylic acids is 4. The summed E-state index contributed by atoms with van der Waals surface area (Å²) in [5.41, 5.74) is 14.7. The normalized spacial score (nSPS) is 16.3. The summed E-state index contributed by atoms with van der Waals surface area (Å²) in [5, 5.41) is 52.3. The average Bonchev–Trinajstić information content (AvgIpc) is 1.61. The minimum absolute atomic E-state index is 0.0235. The first-order valence-electron chi connectivity index (χ1n) is 41.6. The number of aliphatic imine (C=N–C) groups is 4. The van der Waals surface area contributed by atoms with Gasteiger partial charge in [0.1, 0.15) is 67.5 Å². The molecule has 12 aromatic rings. The molecule has 4 aromatic carbocycles. The van der Waals surface area contributed by atoms with Gasteiger partial charge >= 0.3 is 12.1 Å². The number of rotatable bonds is 15. The molecule has 670 valence electrons. The van der Waals surface area contributed by atoms with Gasteiger partial charge in [0.25, 0.3) is 0 Å². The zero-order valence-corrected chi connectivity index (χ0v) is 80.3. The fourth-order valence-corrected chi connectivity index (χ4v) is 20.7. The molecule has 128 heavy (non-hydrogen) atoms. The summed E-state index contributed by atoms with van der Waals surface area (Å²) in [6.45, 7) is 40.5. The van der Waals surface area contributed by atoms with E-state index in [1.807, 2.05) is 166 Å². The van der Waals surface area contributed by atoms with E-state index in [9.17, 15) is 32.3 Å². The highest BCUT2D eigenvalue weighted by molar-refractivity contribution is 7.16. The monoisotopic (exact) mass is 1890 g/mol. The van der Waals surface area contributed by atoms with E-state index < -0.39 is 35.6 Å². The Bertz CT molecular complexity index is 6160. The summed E-state index contributed by atoms with van der Waals surface area (Å²) in [5.74, 6) is 3.27. The number of nitrogens with zero attached hydrogens (tertiary/aromatic N) is 17. The van der Waals surface area contributed by atoms with Crippen molar-refractivity contribution in [1.29, 1.82) is 0 Å². The van der Waals surface area contributed by atoms with Gasteiger partial charge in [-0.25, -0.2) is 0 Å². The van der Waals surface area contributed by atoms with E-state index in [-0.39, 0.29) is 48.7 Å². The van der Waals surface area contributed by atoms with Crippen molar-refractivity contribution < 1.29 is 37.1 Å². The van der Waals surface area contributed by atoms with Crippen LogP contribution in [0, 0.1) is 88.5 Å². The molecule has 8 aromatic heterocycles. The van der Waals surface area contributed by atoms with Crippen molar-refractivity contribution in [1.82, 2.24) is 85.2 Å². The Balaban J connectivity index is 0.000000138. The summed E-state index contributed by atoms with van der Waals surface area (Å²) in [4.78, 5) is 77.0. The lowest BCUT2D eigenvalue weighted by atomic mass is 9.95. The number of aryl methyl sites for hydroxylation is 8. The van der Waals surface area contributed by atoms with Crippen molar-refractivity contribution in [2.75, 3.05) is 52.5 Å². The third-order valence-corrected chi connectivity index (χ3v) is 28.2. The molecule has 26 nitrogen and oxygen atoms in total. The first kappa shape index (κ1) is 93.8. The summed E-state index contributed by atoms with van der Waals surface area (Å²) < 4.78 is 51.6. The first-order chi connectivity index (χ1) is 60.6. The van der Waals surface area contributed by atoms with Crippen LogP contribution in [0.5, 0.6) is 0 Å². The summed E-state index contributed by atoms with van der Waals surface area (Å²) in [7, 11) is 0. The first-order valence-corrected chi connectivity index (χ1v) is 46.4. The number of amides is 4. The van der Waals surface area contributed by atoms with Crippen molar-refractivity contribution in [3.63, 3.8) is 0 Å². The number of thiophene rings is 4. The van der Waals surface area contributed by atoms with Gasteiger partial charge in [0.2, 0.25) is 17.7 Å². The van der Waals surface area contributed by atoms with Crippen LogP contribution < -0.4 is 21.3 Å². The molecular formula is C91H98Cl4F3N21O5S4. The lowest BCUT2D eigenvalue weighted by molar-refractivity contribution is -0.173. The van der Waals surface area contributed by atoms with Crippen LogP contribution in [0.25, 0.3) is 20.0 Å². The number of benzene rings is 4. The number of ether oxygens (including phenoxy) is 1. The SMILES string of the molecule is Cc1sc2c(c1C)C(c1ccc(Cl)cc1)=NC(CC(=O)NCCN1CCOCC1)c1nnc(C)n1-2.Cc1sc2c(c1C)C(c1ccc(Cl)cc1)=NC(CNC(=O)C(F)(F)F)c1nnc(C)n1-2.Cc1sc2c(c1C)C(c1ccc(Cl)cc1)=N[C@H](CC(=O)NC(C)(C)C)c1nnc(C)n1-2.Cc1sc2c(c1C)C(c1ccc(Cl)cc1)=N[C@H](CNC(=O)C(C)(C)C)c1nnc(C)n1-2. The molecule has 1 saturated heterocycles. The molecule has 2 unspecified atom stereocenters. The van der Waals surface area contributed by atoms with Gasteiger partial charge in [-0.05, 0) is 175 Å². The molecule has 4 atom stereocenters. The maximum Gasteiger partial charge on any atom is 0.471 e. The molecule has 17 rings (SSSR count). The van der Waals surface area contributed by atoms with Crippen molar-refractivity contribution in [3.05, 3.63) is 250 Å². The molecule has 5 aliphatic heterocycles. The summed E-state index contributed by atoms with van der Waals surface area (Å²) in [6, 6.07) is 28.1. The van der Waals surface area contributed by atoms with Gasteiger partial charge in [-0.3, -0.25) is 62.3 Å². The number of aromatic nitrogens is 12. The Kier molecular flexibility index (Phi) is 28.1. The van der Waals surface area contributed by atoms with Crippen molar-refractivity contribution >= 4 is 138 Å². The number of alkyl halides is 3. The van der Waals surface area contributed by atoms with Crippen LogP contribution >= 0.6 is 91.8 Å². The number of halogens is 7. The van der Waals surface area contributed by atoms with Gasteiger partial charge in [0.15, 0.2) is 23.3 Å². The van der Waals surface area contributed by atoms with Crippen LogP contribution in [-0.4, -0.2) is 175 Å². The fraction of sp³-hybridized carbons (Fsp3) is 0.385. The Morgan fingerprint density at radius 2 is 0.680 bits per heavy atom. The average molecular weight is 1890 g/mol. The fourth-order valence-electron chi connectivity index (χ4n) is 15.3. The second-order valence-electron chi connectivity index (χ2n) is 33.8. The van der Waals surface area contributed by atoms with E-state index in [0.29, 0.717) is 62.2 Å². The molecule has 1 fully saturated rings. The van der Waals surface area contributed by atoms with E-state index in [4.69, 9.17) is 71.1 Å². The van der Waals surface area contributed by atoms with Crippen LogP contribution in [0.1, 0.15) is 211 Å². The van der Waals surface area contributed by atoms with Gasteiger partial charge in [-0.1, -0.05) is 116 Å². The Labute approximate surface area is 776 Å². The molecular weight excluding hydrogens is 1790 g/mol. The molecule has 5 aliphatic rings. The lowest BCUT2D eigenvalue weighted by Gasteiger charge is -2.26. The standard InChI is InChI=1S/C25H29ClN6O2S.2C23H26ClN5OS.C20H17ClF3N5OS/c1-15-16(2)35-25-22(15)23(18-4-6-19(26)7-5-18)28-20(24-30-29-17(3)32(24)25)14-21(33)27-8-9-31-10-12-34-13-11-31;1-12-13(2)31-21-18(12)19(15-7-9-16(24)10-8-15)26-17(11-25-22(30)23(4,5)6)20-28-27-14(3)29(20)21;1-12-13(2)31-22-19(12)20(15-7-9-16(24)10-8-15)25-17(11-18(30)26-23(4,5)6)21-28-27-14(3)29(21)22;1-9-10(2)31-18-15(9)16(12-4-6-13(21)7-5-12)26-14(8-25-19(30)20(22,23)24)17-28-27-11(3)29(17)18/h4-7,20H,8-14H2,1-3H3,(H,27,33);7-10,17H,11H2,1-6H3,(H,25,30);7-10,17H,11H2,1-6H3,(H,26,30);4-7,14H,8H2,1-3H3,(H,25,30)/t;2*17-;/m.11./s1. The van der Waals surface area contributed by atoms with Gasteiger partial charge in [-0.2, -0.15) is 13.2 Å². The van der Waals surface area contributed by atoms with E-state index in [2.05, 4.69) is 117 Å². The minimum Gasteiger partial charge on any atom is -0.379 e. The zero-order chi connectivity index (χ0) is 92.0. The Morgan fingerprint density at radius 1 is 0.398 bits per heavy atom. The van der Waals surface area contributed by atoms with Crippen LogP contribution in [-0.2, 0) is 23.9 Å². The lowest BCUT2D eigenvalue weighted by Crippen LogP contribution is -2.41. The van der Waals surface area contributed by atoms with Crippen LogP contribution in [0.15, 0.2) is 117 Å². The van der Waals surface area contributed by atoms with E-state index >= 15 is 0 Å². The highest BCUT2D eigenvalue weighted by atomic mass is 35.5. The van der Waals surface area contributed by atoms with E-state index in [1.54, 1.807) is 57.6 Å². The van der Waals surface area contributed by atoms with Gasteiger partial charge in [-0.15, -0.1) is 86.1 Å². The molecule has 0 radical (unpaired) electrons. The smallest absolute Gasteiger partial charge is 0.379 e. The highest BCUT2D eigenvalue weighted by Gasteiger charge is 2.42. The Morgan fingerprint density at radius 3 is 0.969 bits per heavy atom. The van der Waals surface area contributed by atoms with Crippen LogP contribution in [0.4, 0.5) is 13.2 Å². The van der Waals surface area contributed by atoms with Crippen LogP contribution in [0.3, 0.4) is 0 Å². The maximum atomic E-state index is 13.0. The predicted octanol–water partition coefficient (Wildman–Crippen LogP) is 18.2. The molecule has 0 saturated carbocycles. The quantitative estimate of drug-likeness (QED) is 0.0742. The molecule has 13 heterocycles. The number of morpholine rings is 1. The molecule has 0 bridgehead atoms.